The highest BCUT2D eigenvalue weighted by Crippen LogP contribution is 2.27. The Bertz CT molecular complexity index is 336. The standard InChI is InChI=1S/C13H22ClNOS/c1-5-13(3,16-4)11(15-6-2)9-10-7-8-12(14)17-10/h7-8,11,15H,5-6,9H2,1-4H3. The average molecular weight is 276 g/mol. The molecule has 0 radical (unpaired) electrons. The molecule has 1 rings (SSSR count). The van der Waals surface area contributed by atoms with Crippen molar-refractivity contribution in [1.82, 2.24) is 5.32 Å². The van der Waals surface area contributed by atoms with Gasteiger partial charge < -0.3 is 10.1 Å². The highest BCUT2D eigenvalue weighted by molar-refractivity contribution is 7.16. The normalized spacial score (nSPS) is 16.8. The van der Waals surface area contributed by atoms with Gasteiger partial charge in [-0.25, -0.2) is 0 Å². The Balaban J connectivity index is 2.78. The molecule has 1 N–H and O–H groups in total. The minimum atomic E-state index is -0.132. The zero-order valence-corrected chi connectivity index (χ0v) is 12.6. The SMILES string of the molecule is CCNC(Cc1ccc(Cl)s1)C(C)(CC)OC. The summed E-state index contributed by atoms with van der Waals surface area (Å²) < 4.78 is 6.54. The lowest BCUT2D eigenvalue weighted by atomic mass is 9.90. The number of ether oxygens (including phenoxy) is 1. The van der Waals surface area contributed by atoms with Crippen molar-refractivity contribution in [1.29, 1.82) is 0 Å². The van der Waals surface area contributed by atoms with Crippen molar-refractivity contribution in [3.63, 3.8) is 0 Å². The number of thiophene rings is 1. The lowest BCUT2D eigenvalue weighted by Crippen LogP contribution is -2.50. The van der Waals surface area contributed by atoms with Gasteiger partial charge in [-0.15, -0.1) is 11.3 Å². The third kappa shape index (κ3) is 3.95. The van der Waals surface area contributed by atoms with Crippen molar-refractivity contribution in [2.45, 2.75) is 45.3 Å². The van der Waals surface area contributed by atoms with E-state index in [0.29, 0.717) is 6.04 Å². The van der Waals surface area contributed by atoms with E-state index in [1.54, 1.807) is 18.4 Å². The number of likely N-dealkylation sites (N-methyl/N-ethyl adjacent to an activating group) is 1. The van der Waals surface area contributed by atoms with E-state index in [4.69, 9.17) is 16.3 Å². The summed E-state index contributed by atoms with van der Waals surface area (Å²) in [5.74, 6) is 0. The summed E-state index contributed by atoms with van der Waals surface area (Å²) >= 11 is 7.62. The van der Waals surface area contributed by atoms with Gasteiger partial charge in [0.15, 0.2) is 0 Å². The number of hydrogen-bond donors (Lipinski definition) is 1. The first-order valence-electron chi connectivity index (χ1n) is 6.08. The molecule has 98 valence electrons. The van der Waals surface area contributed by atoms with Crippen molar-refractivity contribution in [2.75, 3.05) is 13.7 Å². The summed E-state index contributed by atoms with van der Waals surface area (Å²) in [6.45, 7) is 7.40. The van der Waals surface area contributed by atoms with Gasteiger partial charge in [0.25, 0.3) is 0 Å². The van der Waals surface area contributed by atoms with Crippen molar-refractivity contribution < 1.29 is 4.74 Å². The summed E-state index contributed by atoms with van der Waals surface area (Å²) in [7, 11) is 1.79. The van der Waals surface area contributed by atoms with Crippen LogP contribution in [0.2, 0.25) is 4.34 Å². The number of nitrogens with one attached hydrogen (secondary N) is 1. The zero-order valence-electron chi connectivity index (χ0n) is 11.0. The summed E-state index contributed by atoms with van der Waals surface area (Å²) in [5.41, 5.74) is -0.132. The second-order valence-electron chi connectivity index (χ2n) is 4.39. The van der Waals surface area contributed by atoms with E-state index in [9.17, 15) is 0 Å². The molecule has 0 spiro atoms. The molecule has 0 saturated heterocycles. The number of methoxy groups -OCH3 is 1. The molecule has 17 heavy (non-hydrogen) atoms. The highest BCUT2D eigenvalue weighted by Gasteiger charge is 2.32. The topological polar surface area (TPSA) is 21.3 Å². The summed E-state index contributed by atoms with van der Waals surface area (Å²) in [6.07, 6.45) is 1.95. The Morgan fingerprint density at radius 1 is 1.47 bits per heavy atom. The molecule has 1 aromatic heterocycles. The van der Waals surface area contributed by atoms with Crippen LogP contribution in [0.4, 0.5) is 0 Å². The number of halogens is 1. The van der Waals surface area contributed by atoms with E-state index in [0.717, 1.165) is 23.7 Å². The average Bonchev–Trinajstić information content (AvgIpc) is 2.73. The molecule has 0 amide bonds. The first-order valence-corrected chi connectivity index (χ1v) is 7.28. The Morgan fingerprint density at radius 3 is 2.59 bits per heavy atom. The fourth-order valence-electron chi connectivity index (χ4n) is 1.95. The predicted molar refractivity (Wildman–Crippen MR) is 76.2 cm³/mol. The van der Waals surface area contributed by atoms with Crippen molar-refractivity contribution in [3.8, 4) is 0 Å². The monoisotopic (exact) mass is 275 g/mol. The minimum absolute atomic E-state index is 0.132. The Hall–Kier alpha value is -0.0900. The molecule has 0 aliphatic rings. The van der Waals surface area contributed by atoms with Crippen LogP contribution in [0.15, 0.2) is 12.1 Å². The minimum Gasteiger partial charge on any atom is -0.377 e. The molecule has 0 aliphatic heterocycles. The summed E-state index contributed by atoms with van der Waals surface area (Å²) in [5, 5.41) is 3.52. The molecule has 4 heteroatoms. The third-order valence-corrected chi connectivity index (χ3v) is 4.64. The quantitative estimate of drug-likeness (QED) is 0.819. The Kier molecular flexibility index (Phi) is 5.93. The molecule has 1 heterocycles. The lowest BCUT2D eigenvalue weighted by molar-refractivity contribution is -0.0281. The molecule has 2 atom stereocenters. The molecule has 0 saturated carbocycles. The van der Waals surface area contributed by atoms with Gasteiger partial charge >= 0.3 is 0 Å². The van der Waals surface area contributed by atoms with Gasteiger partial charge in [-0.2, -0.15) is 0 Å². The largest absolute Gasteiger partial charge is 0.377 e. The number of hydrogen-bond acceptors (Lipinski definition) is 3. The molecule has 2 unspecified atom stereocenters. The van der Waals surface area contributed by atoms with Gasteiger partial charge in [-0.3, -0.25) is 0 Å². The predicted octanol–water partition coefficient (Wildman–Crippen LogP) is 3.74. The Labute approximate surface area is 113 Å². The van der Waals surface area contributed by atoms with Gasteiger partial charge in [-0.1, -0.05) is 25.4 Å². The van der Waals surface area contributed by atoms with E-state index < -0.39 is 0 Å². The van der Waals surface area contributed by atoms with Crippen molar-refractivity contribution in [3.05, 3.63) is 21.3 Å². The maximum atomic E-state index is 5.97. The number of rotatable bonds is 7. The van der Waals surface area contributed by atoms with Crippen LogP contribution in [0.5, 0.6) is 0 Å². The van der Waals surface area contributed by atoms with E-state index >= 15 is 0 Å². The van der Waals surface area contributed by atoms with Gasteiger partial charge in [0.1, 0.15) is 0 Å². The third-order valence-electron chi connectivity index (χ3n) is 3.39. The molecule has 0 aromatic carbocycles. The maximum absolute atomic E-state index is 5.97. The first-order chi connectivity index (χ1) is 8.05. The highest BCUT2D eigenvalue weighted by atomic mass is 35.5. The van der Waals surface area contributed by atoms with E-state index in [1.165, 1.54) is 4.88 Å². The smallest absolute Gasteiger partial charge is 0.0931 e. The summed E-state index contributed by atoms with van der Waals surface area (Å²) in [6, 6.07) is 4.38. The molecule has 0 aliphatic carbocycles. The molecular weight excluding hydrogens is 254 g/mol. The molecular formula is C13H22ClNOS. The van der Waals surface area contributed by atoms with E-state index in [-0.39, 0.29) is 5.60 Å². The van der Waals surface area contributed by atoms with Gasteiger partial charge in [0, 0.05) is 18.0 Å². The molecule has 0 bridgehead atoms. The van der Waals surface area contributed by atoms with Crippen LogP contribution in [0.3, 0.4) is 0 Å². The maximum Gasteiger partial charge on any atom is 0.0931 e. The fraction of sp³-hybridized carbons (Fsp3) is 0.692. The zero-order chi connectivity index (χ0) is 12.9. The van der Waals surface area contributed by atoms with Gasteiger partial charge in [0.2, 0.25) is 0 Å². The Morgan fingerprint density at radius 2 is 2.18 bits per heavy atom. The second-order valence-corrected chi connectivity index (χ2v) is 6.19. The van der Waals surface area contributed by atoms with E-state index in [1.807, 2.05) is 6.07 Å². The van der Waals surface area contributed by atoms with Crippen LogP contribution < -0.4 is 5.32 Å². The van der Waals surface area contributed by atoms with Gasteiger partial charge in [0.05, 0.1) is 9.94 Å². The molecule has 0 fully saturated rings. The summed E-state index contributed by atoms with van der Waals surface area (Å²) in [4.78, 5) is 1.30. The van der Waals surface area contributed by atoms with E-state index in [2.05, 4.69) is 32.2 Å². The van der Waals surface area contributed by atoms with Crippen molar-refractivity contribution in [2.24, 2.45) is 0 Å². The van der Waals surface area contributed by atoms with Crippen LogP contribution in [0.1, 0.15) is 32.1 Å². The second kappa shape index (κ2) is 6.74. The van der Waals surface area contributed by atoms with Crippen LogP contribution >= 0.6 is 22.9 Å². The molecule has 2 nitrogen and oxygen atoms in total. The van der Waals surface area contributed by atoms with Crippen molar-refractivity contribution >= 4 is 22.9 Å². The van der Waals surface area contributed by atoms with Crippen LogP contribution in [-0.2, 0) is 11.2 Å². The first kappa shape index (κ1) is 15.0. The van der Waals surface area contributed by atoms with Crippen LogP contribution in [-0.4, -0.2) is 25.3 Å². The molecule has 1 aromatic rings. The van der Waals surface area contributed by atoms with Crippen LogP contribution in [0, 0.1) is 0 Å². The fourth-order valence-corrected chi connectivity index (χ4v) is 3.08. The van der Waals surface area contributed by atoms with Crippen LogP contribution in [0.25, 0.3) is 0 Å². The van der Waals surface area contributed by atoms with Gasteiger partial charge in [-0.05, 0) is 38.4 Å². The lowest BCUT2D eigenvalue weighted by Gasteiger charge is -2.36.